The van der Waals surface area contributed by atoms with Crippen molar-refractivity contribution in [3.05, 3.63) is 0 Å². The van der Waals surface area contributed by atoms with Crippen LogP contribution in [0.25, 0.3) is 0 Å². The fourth-order valence-electron chi connectivity index (χ4n) is 10.6. The largest absolute Gasteiger partial charge is 1.00 e. The van der Waals surface area contributed by atoms with E-state index in [0.717, 1.165) is 35.5 Å². The molecular formula is C40H59Na9O47S7. The van der Waals surface area contributed by atoms with Crippen LogP contribution in [-0.2, 0) is 183 Å². The van der Waals surface area contributed by atoms with Crippen molar-refractivity contribution < 1.29 is 478 Å². The molecule has 0 bridgehead atoms. The third-order valence-corrected chi connectivity index (χ3v) is 17.9. The van der Waals surface area contributed by atoms with Crippen molar-refractivity contribution in [3.8, 4) is 0 Å². The molecule has 5 heterocycles. The molecule has 0 saturated carbocycles. The number of carboxylic acid groups (broad SMARTS) is 2. The number of methoxy groups -OCH3 is 8. The minimum absolute atomic E-state index is 0. The number of hydrogen-bond donors (Lipinski definition) is 0. The van der Waals surface area contributed by atoms with E-state index in [-0.39, 0.29) is 266 Å². The molecule has 0 radical (unpaired) electrons. The van der Waals surface area contributed by atoms with Crippen LogP contribution in [0.4, 0.5) is 0 Å². The van der Waals surface area contributed by atoms with Crippen molar-refractivity contribution >= 4 is 84.2 Å². The Labute approximate surface area is 791 Å². The topological polar surface area (TPSA) is 684 Å². The Kier molecular flexibility index (Phi) is 58.6. The van der Waals surface area contributed by atoms with Crippen LogP contribution in [0.1, 0.15) is 12.8 Å². The zero-order valence-corrected chi connectivity index (χ0v) is 81.7. The standard InChI is InChI=1S/C40H68O47S7.9Na/c1-66-17-14(9-11-88(45,46)47)75-37(29(70-5)20(17)67-2)80-23-21(68-3)30(71-6)38(82-27(23)34(41)42)78-18-15(10-12-89(48,49)50)76-40(33(87-94(63,64)65)25(18)84-91(54,55)56)81-24-22(69-4)31(72-7)39(83-28(24)35(43)44)79-19-16(13-74-90(51,52)53)77-36(73-8)32(86-93(60,61)62)26(19)85-92(57,58)59;;;;;;;;;/h14-33,36-40H,9-13H2,1-8H3,(H,41,42)(H,43,44)(H,45,46,47)(H,48,49,50)(H,51,52,53)(H,54,55,56)(H,57,58,59)(H,60,61,62)(H,63,64,65);;;;;;;;;/q;9*+1/p-9/t14-,15-,16-,17-,18-,19-,20+,21+,22+,23+,24+,25+,26+,27+,28-,29-,30-,31-,32-,33-,36+,37-,38-,39-,40-;;;;;;;;;/m1........./s1. The van der Waals surface area contributed by atoms with Gasteiger partial charge in [0.05, 0.1) is 51.0 Å². The Bertz CT molecular complexity index is 3380. The van der Waals surface area contributed by atoms with Crippen LogP contribution in [0.15, 0.2) is 0 Å². The van der Waals surface area contributed by atoms with Gasteiger partial charge in [-0.1, -0.05) is 0 Å². The molecular weight excluding hydrogens is 1660 g/mol. The Morgan fingerprint density at radius 1 is 0.291 bits per heavy atom. The molecule has 0 aromatic carbocycles. The predicted octanol–water partition coefficient (Wildman–Crippen LogP) is -38.8. The first-order valence-corrected chi connectivity index (χ1v) is 35.6. The number of carbonyl (C=O) groups is 2. The summed E-state index contributed by atoms with van der Waals surface area (Å²) in [7, 11) is -34.5. The fourth-order valence-corrected chi connectivity index (χ4v) is 13.9. The maximum atomic E-state index is 13.2. The first kappa shape index (κ1) is 118. The van der Waals surface area contributed by atoms with Crippen LogP contribution in [0, 0.1) is 0 Å². The van der Waals surface area contributed by atoms with E-state index in [2.05, 4.69) is 20.9 Å². The third-order valence-electron chi connectivity index (χ3n) is 14.1. The van der Waals surface area contributed by atoms with Crippen molar-refractivity contribution in [2.24, 2.45) is 0 Å². The molecule has 47 nitrogen and oxygen atoms in total. The van der Waals surface area contributed by atoms with Gasteiger partial charge in [-0.2, -0.15) is 0 Å². The van der Waals surface area contributed by atoms with E-state index in [4.69, 9.17) is 80.5 Å². The maximum Gasteiger partial charge on any atom is 1.00 e. The first-order valence-electron chi connectivity index (χ1n) is 25.8. The molecule has 0 aromatic rings. The van der Waals surface area contributed by atoms with Crippen LogP contribution >= 0.6 is 0 Å². The van der Waals surface area contributed by atoms with Crippen molar-refractivity contribution in [1.29, 1.82) is 0 Å². The number of aliphatic carboxylic acids is 2. The van der Waals surface area contributed by atoms with Gasteiger partial charge < -0.3 is 132 Å². The minimum atomic E-state index is -6.47. The van der Waals surface area contributed by atoms with Gasteiger partial charge in [0.25, 0.3) is 0 Å². The number of rotatable bonds is 35. The first-order chi connectivity index (χ1) is 43.2. The molecule has 0 aromatic heterocycles. The summed E-state index contributed by atoms with van der Waals surface area (Å²) in [5.74, 6) is -7.54. The smallest absolute Gasteiger partial charge is 0.748 e. The molecule has 0 spiro atoms. The van der Waals surface area contributed by atoms with E-state index in [1.54, 1.807) is 0 Å². The summed E-state index contributed by atoms with van der Waals surface area (Å²) in [6, 6.07) is 0. The van der Waals surface area contributed by atoms with E-state index in [1.165, 1.54) is 0 Å². The predicted molar refractivity (Wildman–Crippen MR) is 268 cm³/mol. The van der Waals surface area contributed by atoms with E-state index in [1.807, 2.05) is 0 Å². The van der Waals surface area contributed by atoms with E-state index in [0.29, 0.717) is 21.3 Å². The van der Waals surface area contributed by atoms with Gasteiger partial charge in [0.2, 0.25) is 52.0 Å². The van der Waals surface area contributed by atoms with E-state index >= 15 is 0 Å². The van der Waals surface area contributed by atoms with Crippen molar-refractivity contribution in [2.75, 3.05) is 75.0 Å². The zero-order valence-electron chi connectivity index (χ0n) is 58.0. The Morgan fingerprint density at radius 2 is 0.544 bits per heavy atom. The summed E-state index contributed by atoms with van der Waals surface area (Å²) >= 11 is 0. The van der Waals surface area contributed by atoms with Gasteiger partial charge in [-0.05, 0) is 12.8 Å². The summed E-state index contributed by atoms with van der Waals surface area (Å²) in [5, 5.41) is 26.3. The molecule has 5 fully saturated rings. The van der Waals surface area contributed by atoms with Crippen molar-refractivity contribution in [2.45, 2.75) is 166 Å². The number of hydrogen-bond acceptors (Lipinski definition) is 47. The van der Waals surface area contributed by atoms with Gasteiger partial charge in [0.15, 0.2) is 43.7 Å². The van der Waals surface area contributed by atoms with Crippen molar-refractivity contribution in [1.82, 2.24) is 0 Å². The molecule has 552 valence electrons. The van der Waals surface area contributed by atoms with Gasteiger partial charge in [0.1, 0.15) is 97.7 Å². The maximum absolute atomic E-state index is 13.2. The SMILES string of the molecule is CO[C@H]1O[C@H](COS(=O)(=O)[O-])[C@@H](O[C@@H]2O[C@@H](C(=O)[O-])[C@@H](O[C@H]3O[C@H](CCS(=O)(=O)[O-])[C@@H](O[C@@H]4O[C@H](C(=O)[O-])[C@@H](O[C@H]5O[C@H](CCS(=O)(=O)[O-])[C@@H](OC)[C@H](OC)[C@H]5OC)[C@H](OC)[C@H]4OC)[C@H](OS(=O)(=O)[O-])[C@H]3OS(=O)(=O)[O-])[C@H](OC)[C@H]2OC)[C@H](OS(=O)(=O)[O-])[C@H]1OS(=O)(=O)[O-].[Na+].[Na+].[Na+].[Na+].[Na+].[Na+].[Na+].[Na+].[Na+]. The number of carbonyl (C=O) groups excluding carboxylic acids is 2. The van der Waals surface area contributed by atoms with Gasteiger partial charge in [-0.25, -0.2) is 58.9 Å². The number of carboxylic acids is 2. The van der Waals surface area contributed by atoms with E-state index in [9.17, 15) is 111 Å². The Morgan fingerprint density at radius 3 is 0.825 bits per heavy atom. The molecule has 103 heavy (non-hydrogen) atoms. The van der Waals surface area contributed by atoms with Gasteiger partial charge in [-0.3, -0.25) is 20.9 Å². The molecule has 5 saturated heterocycles. The second-order valence-electron chi connectivity index (χ2n) is 19.8. The molecule has 63 heteroatoms. The summed E-state index contributed by atoms with van der Waals surface area (Å²) < 4.78 is 372. The van der Waals surface area contributed by atoms with Crippen LogP contribution in [-0.4, -0.2) is 331 Å². The van der Waals surface area contributed by atoms with Gasteiger partial charge in [0, 0.05) is 68.4 Å². The van der Waals surface area contributed by atoms with Crippen LogP contribution < -0.4 is 276 Å². The molecule has 0 unspecified atom stereocenters. The molecule has 5 aliphatic rings. The molecule has 5 rings (SSSR count). The average molecular weight is 1720 g/mol. The second kappa shape index (κ2) is 51.1. The van der Waals surface area contributed by atoms with Gasteiger partial charge >= 0.3 is 266 Å². The van der Waals surface area contributed by atoms with Crippen molar-refractivity contribution in [3.63, 3.8) is 0 Å². The number of ether oxygens (including phenoxy) is 17. The monoisotopic (exact) mass is 1720 g/mol. The minimum Gasteiger partial charge on any atom is -0.748 e. The summed E-state index contributed by atoms with van der Waals surface area (Å²) in [4.78, 5) is 26.3. The normalized spacial score (nSPS) is 34.3. The Hall–Kier alpha value is 6.43. The molecule has 0 amide bonds. The summed E-state index contributed by atoms with van der Waals surface area (Å²) in [6.07, 6.45) is -62.0. The van der Waals surface area contributed by atoms with E-state index < -0.39 is 269 Å². The second-order valence-corrected chi connectivity index (χ2v) is 28.0. The molecule has 25 atom stereocenters. The third kappa shape index (κ3) is 36.1. The molecule has 0 N–H and O–H groups in total. The average Bonchev–Trinajstić information content (AvgIpc) is 0.762. The van der Waals surface area contributed by atoms with Crippen LogP contribution in [0.2, 0.25) is 0 Å². The Balaban J connectivity index is -0.00000356. The van der Waals surface area contributed by atoms with Crippen LogP contribution in [0.3, 0.4) is 0 Å². The molecule has 5 aliphatic heterocycles. The summed E-state index contributed by atoms with van der Waals surface area (Å²) in [5.41, 5.74) is 0. The fraction of sp³-hybridized carbons (Fsp3) is 0.950. The quantitative estimate of drug-likeness (QED) is 0.0323. The van der Waals surface area contributed by atoms with Crippen LogP contribution in [0.5, 0.6) is 0 Å². The summed E-state index contributed by atoms with van der Waals surface area (Å²) in [6.45, 7) is -1.66. The van der Waals surface area contributed by atoms with Gasteiger partial charge in [-0.15, -0.1) is 0 Å². The zero-order chi connectivity index (χ0) is 71.2. The molecule has 0 aliphatic carbocycles.